The van der Waals surface area contributed by atoms with Crippen LogP contribution in [0.25, 0.3) is 21.7 Å². The van der Waals surface area contributed by atoms with E-state index in [2.05, 4.69) is 5.10 Å². The molecule has 0 radical (unpaired) electrons. The number of anilines is 1. The molecule has 3 rings (SSSR count). The average Bonchev–Trinajstić information content (AvgIpc) is 2.96. The molecule has 3 aromatic rings. The molecule has 0 spiro atoms. The number of halogens is 3. The molecule has 2 heterocycles. The molecule has 0 aliphatic carbocycles. The highest BCUT2D eigenvalue weighted by atomic mass is 35.5. The monoisotopic (exact) mass is 325 g/mol. The van der Waals surface area contributed by atoms with Gasteiger partial charge in [0, 0.05) is 18.7 Å². The van der Waals surface area contributed by atoms with Crippen molar-refractivity contribution in [3.05, 3.63) is 46.3 Å². The van der Waals surface area contributed by atoms with E-state index in [1.807, 2.05) is 5.38 Å². The normalized spacial score (nSPS) is 11.0. The summed E-state index contributed by atoms with van der Waals surface area (Å²) in [5.74, 6) is -1.04. The summed E-state index contributed by atoms with van der Waals surface area (Å²) >= 11 is 7.51. The maximum Gasteiger partial charge on any atom is 0.134 e. The van der Waals surface area contributed by atoms with E-state index in [1.165, 1.54) is 28.2 Å². The van der Waals surface area contributed by atoms with E-state index in [-0.39, 0.29) is 5.56 Å². The Morgan fingerprint density at radius 3 is 2.67 bits per heavy atom. The second-order valence-corrected chi connectivity index (χ2v) is 5.78. The van der Waals surface area contributed by atoms with Crippen LogP contribution in [0.2, 0.25) is 5.02 Å². The average molecular weight is 326 g/mol. The first-order chi connectivity index (χ1) is 9.99. The first-order valence-electron chi connectivity index (χ1n) is 6.00. The number of nitrogen functional groups attached to an aromatic ring is 1. The lowest BCUT2D eigenvalue weighted by Crippen LogP contribution is -1.98. The van der Waals surface area contributed by atoms with Crippen molar-refractivity contribution < 1.29 is 8.78 Å². The van der Waals surface area contributed by atoms with Crippen LogP contribution in [-0.2, 0) is 7.05 Å². The van der Waals surface area contributed by atoms with Crippen molar-refractivity contribution in [2.45, 2.75) is 0 Å². The van der Waals surface area contributed by atoms with Crippen LogP contribution in [-0.4, -0.2) is 9.78 Å². The Hall–Kier alpha value is -1.92. The summed E-state index contributed by atoms with van der Waals surface area (Å²) in [5.41, 5.74) is 7.10. The molecule has 0 fully saturated rings. The molecule has 2 aromatic heterocycles. The molecule has 0 unspecified atom stereocenters. The summed E-state index contributed by atoms with van der Waals surface area (Å²) in [5, 5.41) is 6.64. The Bertz CT molecular complexity index is 826. The topological polar surface area (TPSA) is 43.8 Å². The van der Waals surface area contributed by atoms with E-state index < -0.39 is 11.6 Å². The number of rotatable bonds is 2. The fourth-order valence-electron chi connectivity index (χ4n) is 2.12. The van der Waals surface area contributed by atoms with Crippen LogP contribution in [0.5, 0.6) is 0 Å². The van der Waals surface area contributed by atoms with Crippen LogP contribution < -0.4 is 5.73 Å². The minimum Gasteiger partial charge on any atom is -0.383 e. The molecule has 108 valence electrons. The van der Waals surface area contributed by atoms with Gasteiger partial charge in [-0.25, -0.2) is 8.78 Å². The van der Waals surface area contributed by atoms with Gasteiger partial charge in [0.1, 0.15) is 23.1 Å². The van der Waals surface area contributed by atoms with Crippen molar-refractivity contribution in [1.29, 1.82) is 0 Å². The number of aryl methyl sites for hydroxylation is 1. The summed E-state index contributed by atoms with van der Waals surface area (Å²) in [6.45, 7) is 0. The molecular weight excluding hydrogens is 316 g/mol. The fraction of sp³-hybridized carbons (Fsp3) is 0.0714. The zero-order valence-electron chi connectivity index (χ0n) is 10.9. The number of hydrogen-bond acceptors (Lipinski definition) is 3. The molecule has 21 heavy (non-hydrogen) atoms. The van der Waals surface area contributed by atoms with Crippen molar-refractivity contribution in [3.63, 3.8) is 0 Å². The predicted octanol–water partition coefficient (Wildman–Crippen LogP) is 4.33. The van der Waals surface area contributed by atoms with Gasteiger partial charge in [-0.15, -0.1) is 11.3 Å². The Labute approximate surface area is 128 Å². The van der Waals surface area contributed by atoms with Crippen molar-refractivity contribution >= 4 is 28.8 Å². The maximum absolute atomic E-state index is 14.1. The SMILES string of the molecule is Cn1nc(-c2sccc2Cl)c(-c2ccc(F)cc2F)c1N. The third kappa shape index (κ3) is 2.30. The van der Waals surface area contributed by atoms with Crippen LogP contribution in [0, 0.1) is 11.6 Å². The lowest BCUT2D eigenvalue weighted by molar-refractivity contribution is 0.585. The largest absolute Gasteiger partial charge is 0.383 e. The molecule has 2 N–H and O–H groups in total. The van der Waals surface area contributed by atoms with Gasteiger partial charge in [-0.3, -0.25) is 4.68 Å². The van der Waals surface area contributed by atoms with Gasteiger partial charge in [0.15, 0.2) is 0 Å². The minimum atomic E-state index is -0.691. The van der Waals surface area contributed by atoms with Gasteiger partial charge < -0.3 is 5.73 Å². The zero-order chi connectivity index (χ0) is 15.1. The summed E-state index contributed by atoms with van der Waals surface area (Å²) in [4.78, 5) is 0.697. The van der Waals surface area contributed by atoms with E-state index in [0.29, 0.717) is 27.0 Å². The number of nitrogens with zero attached hydrogens (tertiary/aromatic N) is 2. The molecular formula is C14H10ClF2N3S. The Balaban J connectivity index is 2.30. The molecule has 0 saturated carbocycles. The number of hydrogen-bond donors (Lipinski definition) is 1. The Morgan fingerprint density at radius 2 is 2.05 bits per heavy atom. The van der Waals surface area contributed by atoms with Crippen LogP contribution in [0.4, 0.5) is 14.6 Å². The molecule has 0 atom stereocenters. The number of nitrogens with two attached hydrogens (primary N) is 1. The first kappa shape index (κ1) is 14.0. The van der Waals surface area contributed by atoms with Crippen LogP contribution in [0.3, 0.4) is 0 Å². The summed E-state index contributed by atoms with van der Waals surface area (Å²) in [6, 6.07) is 5.09. The predicted molar refractivity (Wildman–Crippen MR) is 81.3 cm³/mol. The smallest absolute Gasteiger partial charge is 0.134 e. The van der Waals surface area contributed by atoms with Gasteiger partial charge in [-0.2, -0.15) is 5.10 Å². The van der Waals surface area contributed by atoms with E-state index in [0.717, 1.165) is 6.07 Å². The fourth-order valence-corrected chi connectivity index (χ4v) is 3.25. The van der Waals surface area contributed by atoms with Gasteiger partial charge in [0.05, 0.1) is 15.5 Å². The van der Waals surface area contributed by atoms with Crippen molar-refractivity contribution in [3.8, 4) is 21.7 Å². The van der Waals surface area contributed by atoms with Crippen LogP contribution in [0.15, 0.2) is 29.6 Å². The van der Waals surface area contributed by atoms with Crippen LogP contribution in [0.1, 0.15) is 0 Å². The summed E-state index contributed by atoms with van der Waals surface area (Å²) in [7, 11) is 1.66. The molecule has 0 saturated heterocycles. The molecule has 0 aliphatic rings. The first-order valence-corrected chi connectivity index (χ1v) is 7.26. The van der Waals surface area contributed by atoms with Gasteiger partial charge in [-0.1, -0.05) is 11.6 Å². The molecule has 0 aliphatic heterocycles. The van der Waals surface area contributed by atoms with Crippen molar-refractivity contribution in [1.82, 2.24) is 9.78 Å². The van der Waals surface area contributed by atoms with Crippen molar-refractivity contribution in [2.75, 3.05) is 5.73 Å². The van der Waals surface area contributed by atoms with E-state index >= 15 is 0 Å². The quantitative estimate of drug-likeness (QED) is 0.762. The maximum atomic E-state index is 14.1. The van der Waals surface area contributed by atoms with Gasteiger partial charge in [0.2, 0.25) is 0 Å². The third-order valence-electron chi connectivity index (χ3n) is 3.12. The molecule has 1 aromatic carbocycles. The van der Waals surface area contributed by atoms with E-state index in [4.69, 9.17) is 17.3 Å². The zero-order valence-corrected chi connectivity index (χ0v) is 12.5. The molecule has 7 heteroatoms. The standard InChI is InChI=1S/C14H10ClF2N3S/c1-20-14(18)11(8-3-2-7(16)6-10(8)17)12(19-20)13-9(15)4-5-21-13/h2-6H,18H2,1H3. The highest BCUT2D eigenvalue weighted by Gasteiger charge is 2.22. The van der Waals surface area contributed by atoms with Gasteiger partial charge >= 0.3 is 0 Å². The molecule has 0 amide bonds. The second-order valence-electron chi connectivity index (χ2n) is 4.45. The number of aromatic nitrogens is 2. The highest BCUT2D eigenvalue weighted by molar-refractivity contribution is 7.14. The second kappa shape index (κ2) is 5.13. The van der Waals surface area contributed by atoms with Crippen molar-refractivity contribution in [2.24, 2.45) is 7.05 Å². The van der Waals surface area contributed by atoms with E-state index in [9.17, 15) is 8.78 Å². The lowest BCUT2D eigenvalue weighted by atomic mass is 10.0. The summed E-state index contributed by atoms with van der Waals surface area (Å²) < 4.78 is 28.6. The molecule has 3 nitrogen and oxygen atoms in total. The van der Waals surface area contributed by atoms with Crippen LogP contribution >= 0.6 is 22.9 Å². The Morgan fingerprint density at radius 1 is 1.29 bits per heavy atom. The van der Waals surface area contributed by atoms with E-state index in [1.54, 1.807) is 13.1 Å². The lowest BCUT2D eigenvalue weighted by Gasteiger charge is -2.05. The Kier molecular flexibility index (Phi) is 3.43. The third-order valence-corrected chi connectivity index (χ3v) is 4.47. The number of thiophene rings is 1. The minimum absolute atomic E-state index is 0.196. The van der Waals surface area contributed by atoms with Gasteiger partial charge in [0.25, 0.3) is 0 Å². The summed E-state index contributed by atoms with van der Waals surface area (Å²) in [6.07, 6.45) is 0. The number of benzene rings is 1. The van der Waals surface area contributed by atoms with Gasteiger partial charge in [-0.05, 0) is 23.6 Å². The highest BCUT2D eigenvalue weighted by Crippen LogP contribution is 2.42. The molecule has 0 bridgehead atoms.